The third-order valence-electron chi connectivity index (χ3n) is 3.06. The first-order valence-electron chi connectivity index (χ1n) is 5.56. The maximum Gasteiger partial charge on any atom is 0.128 e. The van der Waals surface area contributed by atoms with Crippen molar-refractivity contribution in [2.45, 2.75) is 32.3 Å². The zero-order valence-corrected chi connectivity index (χ0v) is 10.4. The fraction of sp³-hybridized carbons (Fsp3) is 0.538. The molecule has 0 aliphatic carbocycles. The lowest BCUT2D eigenvalue weighted by Crippen LogP contribution is -2.25. The first kappa shape index (κ1) is 12.8. The van der Waals surface area contributed by atoms with Crippen LogP contribution < -0.4 is 9.47 Å². The van der Waals surface area contributed by atoms with Crippen LogP contribution in [0.15, 0.2) is 18.2 Å². The minimum atomic E-state index is -0.891. The molecular formula is C13H20O3. The molecule has 16 heavy (non-hydrogen) atoms. The molecule has 0 unspecified atom stereocenters. The lowest BCUT2D eigenvalue weighted by atomic mass is 9.87. The van der Waals surface area contributed by atoms with Crippen molar-refractivity contribution < 1.29 is 14.6 Å². The molecule has 0 aromatic heterocycles. The molecule has 1 rings (SSSR count). The van der Waals surface area contributed by atoms with E-state index in [0.29, 0.717) is 24.3 Å². The van der Waals surface area contributed by atoms with Crippen LogP contribution in [0.4, 0.5) is 0 Å². The van der Waals surface area contributed by atoms with E-state index in [1.54, 1.807) is 14.2 Å². The van der Waals surface area contributed by atoms with Gasteiger partial charge in [-0.25, -0.2) is 0 Å². The van der Waals surface area contributed by atoms with Gasteiger partial charge in [0.25, 0.3) is 0 Å². The summed E-state index contributed by atoms with van der Waals surface area (Å²) >= 11 is 0. The standard InChI is InChI=1S/C13H20O3/c1-5-13(14,6-2)12-10(15-3)8-7-9-11(12)16-4/h7-9,14H,5-6H2,1-4H3. The van der Waals surface area contributed by atoms with Gasteiger partial charge in [0, 0.05) is 0 Å². The highest BCUT2D eigenvalue weighted by Crippen LogP contribution is 2.41. The van der Waals surface area contributed by atoms with Crippen molar-refractivity contribution in [1.82, 2.24) is 0 Å². The Balaban J connectivity index is 3.38. The van der Waals surface area contributed by atoms with Gasteiger partial charge in [-0.1, -0.05) is 19.9 Å². The zero-order valence-electron chi connectivity index (χ0n) is 10.4. The minimum Gasteiger partial charge on any atom is -0.496 e. The second-order valence-corrected chi connectivity index (χ2v) is 3.78. The summed E-state index contributed by atoms with van der Waals surface area (Å²) in [6, 6.07) is 5.54. The molecule has 0 radical (unpaired) electrons. The smallest absolute Gasteiger partial charge is 0.128 e. The summed E-state index contributed by atoms with van der Waals surface area (Å²) < 4.78 is 10.6. The van der Waals surface area contributed by atoms with Crippen molar-refractivity contribution >= 4 is 0 Å². The number of methoxy groups -OCH3 is 2. The molecule has 3 nitrogen and oxygen atoms in total. The topological polar surface area (TPSA) is 38.7 Å². The molecule has 0 saturated carbocycles. The molecule has 1 N–H and O–H groups in total. The normalized spacial score (nSPS) is 11.3. The molecule has 0 spiro atoms. The maximum atomic E-state index is 10.6. The predicted octanol–water partition coefficient (Wildman–Crippen LogP) is 2.71. The van der Waals surface area contributed by atoms with Crippen LogP contribution in [0, 0.1) is 0 Å². The van der Waals surface area contributed by atoms with Crippen LogP contribution in [0.1, 0.15) is 32.3 Å². The lowest BCUT2D eigenvalue weighted by molar-refractivity contribution is 0.0237. The van der Waals surface area contributed by atoms with Gasteiger partial charge in [0.2, 0.25) is 0 Å². The monoisotopic (exact) mass is 224 g/mol. The Bertz CT molecular complexity index is 321. The molecule has 0 atom stereocenters. The van der Waals surface area contributed by atoms with Crippen molar-refractivity contribution in [3.05, 3.63) is 23.8 Å². The molecule has 0 bridgehead atoms. The van der Waals surface area contributed by atoms with Gasteiger partial charge in [0.15, 0.2) is 0 Å². The average Bonchev–Trinajstić information content (AvgIpc) is 2.36. The average molecular weight is 224 g/mol. The van der Waals surface area contributed by atoms with Gasteiger partial charge >= 0.3 is 0 Å². The van der Waals surface area contributed by atoms with Crippen LogP contribution in [0.3, 0.4) is 0 Å². The second-order valence-electron chi connectivity index (χ2n) is 3.78. The van der Waals surface area contributed by atoms with Gasteiger partial charge in [-0.2, -0.15) is 0 Å². The Morgan fingerprint density at radius 1 is 1.06 bits per heavy atom. The Kier molecular flexibility index (Phi) is 4.19. The first-order valence-corrected chi connectivity index (χ1v) is 5.56. The summed E-state index contributed by atoms with van der Waals surface area (Å²) in [5.74, 6) is 1.34. The van der Waals surface area contributed by atoms with E-state index in [1.807, 2.05) is 32.0 Å². The molecular weight excluding hydrogens is 204 g/mol. The Hall–Kier alpha value is -1.22. The molecule has 0 amide bonds. The number of hydrogen-bond acceptors (Lipinski definition) is 3. The van der Waals surface area contributed by atoms with Crippen LogP contribution in [0.5, 0.6) is 11.5 Å². The van der Waals surface area contributed by atoms with E-state index in [2.05, 4.69) is 0 Å². The molecule has 0 aliphatic heterocycles. The van der Waals surface area contributed by atoms with Crippen molar-refractivity contribution in [3.8, 4) is 11.5 Å². The first-order chi connectivity index (χ1) is 7.62. The van der Waals surface area contributed by atoms with Crippen LogP contribution in [0.25, 0.3) is 0 Å². The minimum absolute atomic E-state index is 0.625. The number of rotatable bonds is 5. The van der Waals surface area contributed by atoms with Crippen LogP contribution in [-0.4, -0.2) is 19.3 Å². The van der Waals surface area contributed by atoms with Crippen molar-refractivity contribution in [1.29, 1.82) is 0 Å². The van der Waals surface area contributed by atoms with Crippen molar-refractivity contribution in [2.24, 2.45) is 0 Å². The Morgan fingerprint density at radius 3 is 1.81 bits per heavy atom. The second kappa shape index (κ2) is 5.21. The molecule has 0 heterocycles. The Morgan fingerprint density at radius 2 is 1.50 bits per heavy atom. The Labute approximate surface area is 97.0 Å². The highest BCUT2D eigenvalue weighted by molar-refractivity contribution is 5.48. The summed E-state index contributed by atoms with van der Waals surface area (Å²) in [5, 5.41) is 10.6. The van der Waals surface area contributed by atoms with Crippen LogP contribution >= 0.6 is 0 Å². The largest absolute Gasteiger partial charge is 0.496 e. The van der Waals surface area contributed by atoms with E-state index in [0.717, 1.165) is 5.56 Å². The van der Waals surface area contributed by atoms with Gasteiger partial charge in [0.05, 0.1) is 25.4 Å². The van der Waals surface area contributed by atoms with Gasteiger partial charge in [-0.05, 0) is 25.0 Å². The number of aliphatic hydroxyl groups is 1. The maximum absolute atomic E-state index is 10.6. The van der Waals surface area contributed by atoms with E-state index in [4.69, 9.17) is 9.47 Å². The molecule has 0 saturated heterocycles. The molecule has 1 aromatic carbocycles. The van der Waals surface area contributed by atoms with E-state index >= 15 is 0 Å². The third kappa shape index (κ3) is 2.14. The van der Waals surface area contributed by atoms with E-state index in [1.165, 1.54) is 0 Å². The number of ether oxygens (including phenoxy) is 2. The summed E-state index contributed by atoms with van der Waals surface area (Å²) in [5.41, 5.74) is -0.150. The molecule has 3 heteroatoms. The number of benzene rings is 1. The van der Waals surface area contributed by atoms with Gasteiger partial charge in [0.1, 0.15) is 11.5 Å². The lowest BCUT2D eigenvalue weighted by Gasteiger charge is -2.29. The van der Waals surface area contributed by atoms with E-state index < -0.39 is 5.60 Å². The highest BCUT2D eigenvalue weighted by atomic mass is 16.5. The SMILES string of the molecule is CCC(O)(CC)c1c(OC)cccc1OC. The predicted molar refractivity (Wildman–Crippen MR) is 64.0 cm³/mol. The molecule has 0 fully saturated rings. The van der Waals surface area contributed by atoms with Gasteiger partial charge in [-0.15, -0.1) is 0 Å². The quantitative estimate of drug-likeness (QED) is 0.835. The third-order valence-corrected chi connectivity index (χ3v) is 3.06. The fourth-order valence-electron chi connectivity index (χ4n) is 1.91. The molecule has 90 valence electrons. The van der Waals surface area contributed by atoms with Gasteiger partial charge in [-0.3, -0.25) is 0 Å². The zero-order chi connectivity index (χ0) is 12.2. The molecule has 0 aliphatic rings. The summed E-state index contributed by atoms with van der Waals surface area (Å²) in [7, 11) is 3.20. The summed E-state index contributed by atoms with van der Waals surface area (Å²) in [4.78, 5) is 0. The van der Waals surface area contributed by atoms with Gasteiger partial charge < -0.3 is 14.6 Å². The van der Waals surface area contributed by atoms with E-state index in [9.17, 15) is 5.11 Å². The van der Waals surface area contributed by atoms with Crippen LogP contribution in [0.2, 0.25) is 0 Å². The number of hydrogen-bond donors (Lipinski definition) is 1. The highest BCUT2D eigenvalue weighted by Gasteiger charge is 2.31. The molecule has 1 aromatic rings. The fourth-order valence-corrected chi connectivity index (χ4v) is 1.91. The van der Waals surface area contributed by atoms with Crippen molar-refractivity contribution in [3.63, 3.8) is 0 Å². The van der Waals surface area contributed by atoms with E-state index in [-0.39, 0.29) is 0 Å². The summed E-state index contributed by atoms with van der Waals surface area (Å²) in [6.07, 6.45) is 1.25. The summed E-state index contributed by atoms with van der Waals surface area (Å²) in [6.45, 7) is 3.91. The van der Waals surface area contributed by atoms with Crippen LogP contribution in [-0.2, 0) is 5.60 Å². The van der Waals surface area contributed by atoms with Crippen molar-refractivity contribution in [2.75, 3.05) is 14.2 Å².